The molecular formula is C13H11N3O5. The molecule has 0 aliphatic carbocycles. The molecule has 0 spiro atoms. The highest BCUT2D eigenvalue weighted by molar-refractivity contribution is 6.05. The van der Waals surface area contributed by atoms with Crippen molar-refractivity contribution in [2.45, 2.75) is 13.0 Å². The number of ether oxygens (including phenoxy) is 1. The molecule has 1 aromatic heterocycles. The number of hydrogen-bond acceptors (Lipinski definition) is 6. The molecule has 1 aliphatic heterocycles. The molecule has 0 bridgehead atoms. The summed E-state index contributed by atoms with van der Waals surface area (Å²) in [7, 11) is 0. The van der Waals surface area contributed by atoms with Gasteiger partial charge in [0, 0.05) is 6.92 Å². The number of rotatable bonds is 2. The summed E-state index contributed by atoms with van der Waals surface area (Å²) in [6.45, 7) is 1.44. The highest BCUT2D eigenvalue weighted by Gasteiger charge is 2.35. The van der Waals surface area contributed by atoms with Gasteiger partial charge >= 0.3 is 5.97 Å². The molecule has 108 valence electrons. The van der Waals surface area contributed by atoms with E-state index in [2.05, 4.69) is 10.1 Å². The molecule has 0 saturated carbocycles. The second-order valence-corrected chi connectivity index (χ2v) is 4.47. The first-order valence-corrected chi connectivity index (χ1v) is 6.17. The molecule has 1 N–H and O–H groups in total. The van der Waals surface area contributed by atoms with E-state index in [4.69, 9.17) is 14.4 Å². The standard InChI is InChI=1S/C13H11N3O5/c1-7-14-11(15-21-7)12(17)16-6-10(13(18)19)20-9-5-3-2-4-8(9)16/h2-5,10H,6H2,1H3,(H,18,19). The van der Waals surface area contributed by atoms with Gasteiger partial charge in [-0.2, -0.15) is 4.98 Å². The average Bonchev–Trinajstić information content (AvgIpc) is 2.92. The summed E-state index contributed by atoms with van der Waals surface area (Å²) < 4.78 is 10.1. The minimum absolute atomic E-state index is 0.117. The van der Waals surface area contributed by atoms with E-state index < -0.39 is 18.0 Å². The summed E-state index contributed by atoms with van der Waals surface area (Å²) in [5.41, 5.74) is 0.474. The van der Waals surface area contributed by atoms with Crippen LogP contribution >= 0.6 is 0 Å². The van der Waals surface area contributed by atoms with Crippen molar-refractivity contribution < 1.29 is 24.0 Å². The van der Waals surface area contributed by atoms with Crippen molar-refractivity contribution in [2.24, 2.45) is 0 Å². The molecular weight excluding hydrogens is 278 g/mol. The Bertz CT molecular complexity index is 711. The molecule has 2 aromatic rings. The lowest BCUT2D eigenvalue weighted by molar-refractivity contribution is -0.144. The van der Waals surface area contributed by atoms with E-state index >= 15 is 0 Å². The van der Waals surface area contributed by atoms with Crippen LogP contribution in [0.2, 0.25) is 0 Å². The Balaban J connectivity index is 2.00. The summed E-state index contributed by atoms with van der Waals surface area (Å²) in [6.07, 6.45) is -1.14. The van der Waals surface area contributed by atoms with Crippen LogP contribution in [0.15, 0.2) is 28.8 Å². The van der Waals surface area contributed by atoms with E-state index in [0.717, 1.165) is 0 Å². The van der Waals surface area contributed by atoms with E-state index in [-0.39, 0.29) is 18.3 Å². The lowest BCUT2D eigenvalue weighted by atomic mass is 10.2. The van der Waals surface area contributed by atoms with Gasteiger partial charge in [0.25, 0.3) is 11.7 Å². The van der Waals surface area contributed by atoms with Crippen molar-refractivity contribution in [1.29, 1.82) is 0 Å². The Labute approximate surface area is 118 Å². The molecule has 0 radical (unpaired) electrons. The van der Waals surface area contributed by atoms with Crippen molar-refractivity contribution in [3.8, 4) is 5.75 Å². The van der Waals surface area contributed by atoms with Crippen molar-refractivity contribution in [3.63, 3.8) is 0 Å². The number of carboxylic acids is 1. The molecule has 0 saturated heterocycles. The SMILES string of the molecule is Cc1nc(C(=O)N2CC(C(=O)O)Oc3ccccc32)no1. The fourth-order valence-corrected chi connectivity index (χ4v) is 2.06. The Kier molecular flexibility index (Phi) is 3.05. The highest BCUT2D eigenvalue weighted by atomic mass is 16.5. The van der Waals surface area contributed by atoms with E-state index in [1.54, 1.807) is 31.2 Å². The predicted molar refractivity (Wildman–Crippen MR) is 69.2 cm³/mol. The number of carbonyl (C=O) groups is 2. The molecule has 0 fully saturated rings. The third kappa shape index (κ3) is 2.31. The van der Waals surface area contributed by atoms with Gasteiger partial charge in [-0.1, -0.05) is 17.3 Å². The number of aliphatic carboxylic acids is 1. The molecule has 8 heteroatoms. The minimum atomic E-state index is -1.15. The topological polar surface area (TPSA) is 106 Å². The number of hydrogen-bond donors (Lipinski definition) is 1. The molecule has 21 heavy (non-hydrogen) atoms. The van der Waals surface area contributed by atoms with Crippen LogP contribution < -0.4 is 9.64 Å². The van der Waals surface area contributed by atoms with Gasteiger partial charge in [0.05, 0.1) is 12.2 Å². The zero-order chi connectivity index (χ0) is 15.0. The van der Waals surface area contributed by atoms with E-state index in [0.29, 0.717) is 11.4 Å². The predicted octanol–water partition coefficient (Wildman–Crippen LogP) is 0.870. The number of anilines is 1. The second kappa shape index (κ2) is 4.89. The second-order valence-electron chi connectivity index (χ2n) is 4.47. The van der Waals surface area contributed by atoms with Crippen LogP contribution in [-0.2, 0) is 4.79 Å². The number of para-hydroxylation sites is 2. The van der Waals surface area contributed by atoms with Crippen molar-refractivity contribution >= 4 is 17.6 Å². The number of aryl methyl sites for hydroxylation is 1. The average molecular weight is 289 g/mol. The van der Waals surface area contributed by atoms with Crippen LogP contribution in [-0.4, -0.2) is 39.8 Å². The summed E-state index contributed by atoms with van der Waals surface area (Å²) in [4.78, 5) is 28.7. The largest absolute Gasteiger partial charge is 0.478 e. The van der Waals surface area contributed by atoms with Gasteiger partial charge in [0.2, 0.25) is 12.0 Å². The molecule has 2 heterocycles. The van der Waals surface area contributed by atoms with Crippen LogP contribution in [0.3, 0.4) is 0 Å². The quantitative estimate of drug-likeness (QED) is 0.874. The van der Waals surface area contributed by atoms with E-state index in [1.165, 1.54) is 4.90 Å². The number of benzene rings is 1. The molecule has 8 nitrogen and oxygen atoms in total. The lowest BCUT2D eigenvalue weighted by Crippen LogP contribution is -2.47. The van der Waals surface area contributed by atoms with Crippen LogP contribution in [0.1, 0.15) is 16.5 Å². The number of carbonyl (C=O) groups excluding carboxylic acids is 1. The number of aromatic nitrogens is 2. The monoisotopic (exact) mass is 289 g/mol. The lowest BCUT2D eigenvalue weighted by Gasteiger charge is -2.32. The summed E-state index contributed by atoms with van der Waals surface area (Å²) in [5, 5.41) is 12.7. The third-order valence-electron chi connectivity index (χ3n) is 3.01. The number of fused-ring (bicyclic) bond motifs is 1. The molecule has 1 unspecified atom stereocenters. The van der Waals surface area contributed by atoms with Crippen molar-refractivity contribution in [2.75, 3.05) is 11.4 Å². The maximum absolute atomic E-state index is 12.4. The highest BCUT2D eigenvalue weighted by Crippen LogP contribution is 2.33. The first kappa shape index (κ1) is 13.1. The van der Waals surface area contributed by atoms with Crippen LogP contribution in [0.5, 0.6) is 5.75 Å². The molecule has 1 amide bonds. The Morgan fingerprint density at radius 2 is 2.14 bits per heavy atom. The molecule has 1 aromatic carbocycles. The maximum atomic E-state index is 12.4. The number of carboxylic acid groups (broad SMARTS) is 1. The number of amides is 1. The zero-order valence-corrected chi connectivity index (χ0v) is 11.0. The Hall–Kier alpha value is -2.90. The van der Waals surface area contributed by atoms with Crippen molar-refractivity contribution in [1.82, 2.24) is 10.1 Å². The molecule has 1 aliphatic rings. The van der Waals surface area contributed by atoms with Gasteiger partial charge < -0.3 is 14.4 Å². The van der Waals surface area contributed by atoms with Gasteiger partial charge in [0.15, 0.2) is 0 Å². The Morgan fingerprint density at radius 3 is 2.81 bits per heavy atom. The van der Waals surface area contributed by atoms with Crippen LogP contribution in [0.25, 0.3) is 0 Å². The zero-order valence-electron chi connectivity index (χ0n) is 11.0. The van der Waals surface area contributed by atoms with Gasteiger partial charge in [0.1, 0.15) is 5.75 Å². The van der Waals surface area contributed by atoms with Crippen LogP contribution in [0, 0.1) is 6.92 Å². The first-order valence-electron chi connectivity index (χ1n) is 6.17. The first-order chi connectivity index (χ1) is 10.1. The van der Waals surface area contributed by atoms with Gasteiger partial charge in [-0.25, -0.2) is 4.79 Å². The van der Waals surface area contributed by atoms with Gasteiger partial charge in [-0.15, -0.1) is 0 Å². The fourth-order valence-electron chi connectivity index (χ4n) is 2.06. The van der Waals surface area contributed by atoms with E-state index in [9.17, 15) is 9.59 Å². The van der Waals surface area contributed by atoms with Gasteiger partial charge in [-0.3, -0.25) is 9.69 Å². The number of nitrogens with zero attached hydrogens (tertiary/aromatic N) is 3. The minimum Gasteiger partial charge on any atom is -0.478 e. The third-order valence-corrected chi connectivity index (χ3v) is 3.01. The summed E-state index contributed by atoms with van der Waals surface area (Å²) in [5.74, 6) is -1.21. The summed E-state index contributed by atoms with van der Waals surface area (Å²) >= 11 is 0. The fraction of sp³-hybridized carbons (Fsp3) is 0.231. The maximum Gasteiger partial charge on any atom is 0.346 e. The van der Waals surface area contributed by atoms with Crippen LogP contribution in [0.4, 0.5) is 5.69 Å². The molecule has 1 atom stereocenters. The van der Waals surface area contributed by atoms with E-state index in [1.807, 2.05) is 0 Å². The van der Waals surface area contributed by atoms with Gasteiger partial charge in [-0.05, 0) is 12.1 Å². The molecule has 3 rings (SSSR count). The Morgan fingerprint density at radius 1 is 1.38 bits per heavy atom. The van der Waals surface area contributed by atoms with Crippen molar-refractivity contribution in [3.05, 3.63) is 36.0 Å². The normalized spacial score (nSPS) is 17.0. The summed E-state index contributed by atoms with van der Waals surface area (Å²) in [6, 6.07) is 6.69. The smallest absolute Gasteiger partial charge is 0.346 e.